The Morgan fingerprint density at radius 3 is 2.61 bits per heavy atom. The molecule has 1 aromatic rings. The van der Waals surface area contributed by atoms with Crippen LogP contribution in [0.5, 0.6) is 5.75 Å². The lowest BCUT2D eigenvalue weighted by atomic mass is 10.0. The fourth-order valence-electron chi connectivity index (χ4n) is 1.93. The number of methoxy groups -OCH3 is 2. The van der Waals surface area contributed by atoms with Gasteiger partial charge in [-0.05, 0) is 36.6 Å². The second-order valence-electron chi connectivity index (χ2n) is 4.34. The van der Waals surface area contributed by atoms with E-state index in [4.69, 9.17) is 9.47 Å². The van der Waals surface area contributed by atoms with Crippen molar-refractivity contribution in [2.24, 2.45) is 0 Å². The maximum Gasteiger partial charge on any atom is 0.188 e. The molecular weight excluding hydrogens is 228 g/mol. The van der Waals surface area contributed by atoms with Crippen LogP contribution in [-0.4, -0.2) is 26.6 Å². The first-order chi connectivity index (χ1) is 8.72. The SMILES string of the molecule is CCCCCc1cc(C(=O)COC)ccc1OC. The van der Waals surface area contributed by atoms with Gasteiger partial charge in [0, 0.05) is 12.7 Å². The number of ether oxygens (including phenoxy) is 2. The van der Waals surface area contributed by atoms with E-state index in [2.05, 4.69) is 6.92 Å². The van der Waals surface area contributed by atoms with Crippen LogP contribution >= 0.6 is 0 Å². The largest absolute Gasteiger partial charge is 0.496 e. The number of benzene rings is 1. The zero-order valence-corrected chi connectivity index (χ0v) is 11.5. The van der Waals surface area contributed by atoms with Crippen molar-refractivity contribution in [3.63, 3.8) is 0 Å². The number of hydrogen-bond acceptors (Lipinski definition) is 3. The van der Waals surface area contributed by atoms with Gasteiger partial charge in [-0.2, -0.15) is 0 Å². The molecule has 0 aliphatic carbocycles. The summed E-state index contributed by atoms with van der Waals surface area (Å²) < 4.78 is 10.2. The van der Waals surface area contributed by atoms with Gasteiger partial charge >= 0.3 is 0 Å². The van der Waals surface area contributed by atoms with Crippen LogP contribution in [0.25, 0.3) is 0 Å². The number of unbranched alkanes of at least 4 members (excludes halogenated alkanes) is 2. The molecule has 0 aliphatic heterocycles. The molecule has 0 amide bonds. The predicted octanol–water partition coefficient (Wildman–Crippen LogP) is 3.26. The van der Waals surface area contributed by atoms with E-state index in [0.29, 0.717) is 5.56 Å². The zero-order chi connectivity index (χ0) is 13.4. The molecule has 1 rings (SSSR count). The van der Waals surface area contributed by atoms with Crippen LogP contribution in [-0.2, 0) is 11.2 Å². The third-order valence-electron chi connectivity index (χ3n) is 2.93. The summed E-state index contributed by atoms with van der Waals surface area (Å²) in [5.41, 5.74) is 1.80. The zero-order valence-electron chi connectivity index (χ0n) is 11.5. The second kappa shape index (κ2) is 7.88. The Morgan fingerprint density at radius 2 is 2.00 bits per heavy atom. The minimum Gasteiger partial charge on any atom is -0.496 e. The first-order valence-electron chi connectivity index (χ1n) is 6.42. The number of rotatable bonds is 8. The Hall–Kier alpha value is -1.35. The lowest BCUT2D eigenvalue weighted by molar-refractivity contribution is 0.0848. The molecule has 0 heterocycles. The summed E-state index contributed by atoms with van der Waals surface area (Å²) in [7, 11) is 3.19. The number of ketones is 1. The maximum absolute atomic E-state index is 11.8. The van der Waals surface area contributed by atoms with Crippen molar-refractivity contribution in [3.05, 3.63) is 29.3 Å². The van der Waals surface area contributed by atoms with Gasteiger partial charge in [-0.25, -0.2) is 0 Å². The average Bonchev–Trinajstić information content (AvgIpc) is 2.39. The average molecular weight is 250 g/mol. The molecule has 0 aliphatic rings. The van der Waals surface area contributed by atoms with E-state index >= 15 is 0 Å². The Labute approximate surface area is 109 Å². The van der Waals surface area contributed by atoms with Gasteiger partial charge in [0.15, 0.2) is 5.78 Å². The van der Waals surface area contributed by atoms with Crippen molar-refractivity contribution < 1.29 is 14.3 Å². The number of aryl methyl sites for hydroxylation is 1. The summed E-state index contributed by atoms with van der Waals surface area (Å²) in [6.07, 6.45) is 4.45. The molecule has 3 nitrogen and oxygen atoms in total. The molecule has 100 valence electrons. The van der Waals surface area contributed by atoms with Gasteiger partial charge in [-0.3, -0.25) is 4.79 Å². The van der Waals surface area contributed by atoms with Crippen molar-refractivity contribution in [1.29, 1.82) is 0 Å². The molecule has 0 N–H and O–H groups in total. The first kappa shape index (κ1) is 14.7. The van der Waals surface area contributed by atoms with Crippen molar-refractivity contribution >= 4 is 5.78 Å². The van der Waals surface area contributed by atoms with Gasteiger partial charge < -0.3 is 9.47 Å². The molecule has 0 radical (unpaired) electrons. The van der Waals surface area contributed by atoms with Crippen LogP contribution in [0.3, 0.4) is 0 Å². The number of carbonyl (C=O) groups excluding carboxylic acids is 1. The minimum absolute atomic E-state index is 0.0110. The van der Waals surface area contributed by atoms with Crippen LogP contribution in [0.1, 0.15) is 42.1 Å². The summed E-state index contributed by atoms with van der Waals surface area (Å²) in [4.78, 5) is 11.8. The molecule has 1 aromatic carbocycles. The Balaban J connectivity index is 2.83. The lowest BCUT2D eigenvalue weighted by Crippen LogP contribution is -2.08. The fraction of sp³-hybridized carbons (Fsp3) is 0.533. The summed E-state index contributed by atoms with van der Waals surface area (Å²) in [5.74, 6) is 0.872. The highest BCUT2D eigenvalue weighted by atomic mass is 16.5. The van der Waals surface area contributed by atoms with E-state index in [1.54, 1.807) is 13.2 Å². The first-order valence-corrected chi connectivity index (χ1v) is 6.42. The van der Waals surface area contributed by atoms with Gasteiger partial charge in [0.2, 0.25) is 0 Å². The topological polar surface area (TPSA) is 35.5 Å². The standard InChI is InChI=1S/C15H22O3/c1-4-5-6-7-13-10-12(14(16)11-17-2)8-9-15(13)18-3/h8-10H,4-7,11H2,1-3H3. The summed E-state index contributed by atoms with van der Waals surface area (Å²) >= 11 is 0. The molecule has 0 saturated heterocycles. The Kier molecular flexibility index (Phi) is 6.44. The maximum atomic E-state index is 11.8. The molecule has 0 fully saturated rings. The molecule has 0 bridgehead atoms. The predicted molar refractivity (Wildman–Crippen MR) is 72.4 cm³/mol. The van der Waals surface area contributed by atoms with Gasteiger partial charge in [-0.1, -0.05) is 19.8 Å². The lowest BCUT2D eigenvalue weighted by Gasteiger charge is -2.10. The van der Waals surface area contributed by atoms with E-state index < -0.39 is 0 Å². The minimum atomic E-state index is 0.0110. The summed E-state index contributed by atoms with van der Waals surface area (Å²) in [6.45, 7) is 2.30. The third kappa shape index (κ3) is 4.15. The van der Waals surface area contributed by atoms with Crippen LogP contribution in [0.4, 0.5) is 0 Å². The van der Waals surface area contributed by atoms with Crippen LogP contribution < -0.4 is 4.74 Å². The van der Waals surface area contributed by atoms with Crippen LogP contribution in [0, 0.1) is 0 Å². The fourth-order valence-corrected chi connectivity index (χ4v) is 1.93. The normalized spacial score (nSPS) is 10.4. The molecule has 0 atom stereocenters. The molecular formula is C15H22O3. The summed E-state index contributed by atoms with van der Waals surface area (Å²) in [5, 5.41) is 0. The number of carbonyl (C=O) groups is 1. The quantitative estimate of drug-likeness (QED) is 0.525. The molecule has 0 spiro atoms. The van der Waals surface area contributed by atoms with Crippen molar-refractivity contribution in [1.82, 2.24) is 0 Å². The van der Waals surface area contributed by atoms with Gasteiger partial charge in [0.1, 0.15) is 12.4 Å². The summed E-state index contributed by atoms with van der Waals surface area (Å²) in [6, 6.07) is 5.59. The van der Waals surface area contributed by atoms with Crippen LogP contribution in [0.15, 0.2) is 18.2 Å². The Bertz CT molecular complexity index is 385. The van der Waals surface area contributed by atoms with Crippen molar-refractivity contribution in [3.8, 4) is 5.75 Å². The van der Waals surface area contributed by atoms with Crippen LogP contribution in [0.2, 0.25) is 0 Å². The van der Waals surface area contributed by atoms with Gasteiger partial charge in [0.25, 0.3) is 0 Å². The van der Waals surface area contributed by atoms with E-state index in [-0.39, 0.29) is 12.4 Å². The van der Waals surface area contributed by atoms with Gasteiger partial charge in [-0.15, -0.1) is 0 Å². The Morgan fingerprint density at radius 1 is 1.22 bits per heavy atom. The van der Waals surface area contributed by atoms with E-state index in [9.17, 15) is 4.79 Å². The van der Waals surface area contributed by atoms with E-state index in [0.717, 1.165) is 24.2 Å². The molecule has 0 aromatic heterocycles. The highest BCUT2D eigenvalue weighted by molar-refractivity contribution is 5.97. The molecule has 0 saturated carbocycles. The monoisotopic (exact) mass is 250 g/mol. The highest BCUT2D eigenvalue weighted by Crippen LogP contribution is 2.22. The molecule has 18 heavy (non-hydrogen) atoms. The molecule has 3 heteroatoms. The van der Waals surface area contributed by atoms with E-state index in [1.165, 1.54) is 20.0 Å². The third-order valence-corrected chi connectivity index (χ3v) is 2.93. The van der Waals surface area contributed by atoms with E-state index in [1.807, 2.05) is 12.1 Å². The van der Waals surface area contributed by atoms with Crippen molar-refractivity contribution in [2.75, 3.05) is 20.8 Å². The van der Waals surface area contributed by atoms with Crippen molar-refractivity contribution in [2.45, 2.75) is 32.6 Å². The molecule has 0 unspecified atom stereocenters. The second-order valence-corrected chi connectivity index (χ2v) is 4.34. The number of Topliss-reactive ketones (excluding diaryl/α,β-unsaturated/α-hetero) is 1. The highest BCUT2D eigenvalue weighted by Gasteiger charge is 2.09. The van der Waals surface area contributed by atoms with Gasteiger partial charge in [0.05, 0.1) is 7.11 Å². The smallest absolute Gasteiger partial charge is 0.188 e. The number of hydrogen-bond donors (Lipinski definition) is 0.